The van der Waals surface area contributed by atoms with Crippen molar-refractivity contribution in [3.05, 3.63) is 21.9 Å². The number of piperidine rings is 1. The molecule has 0 saturated carbocycles. The highest BCUT2D eigenvalue weighted by Gasteiger charge is 2.30. The highest BCUT2D eigenvalue weighted by atomic mass is 32.1. The van der Waals surface area contributed by atoms with Crippen LogP contribution in [0, 0.1) is 12.8 Å². The molecular formula is C17H29N3O2S. The van der Waals surface area contributed by atoms with Gasteiger partial charge >= 0.3 is 0 Å². The molecule has 1 amide bonds. The van der Waals surface area contributed by atoms with Crippen LogP contribution in [0.3, 0.4) is 0 Å². The second-order valence-electron chi connectivity index (χ2n) is 6.56. The zero-order chi connectivity index (χ0) is 16.8. The first kappa shape index (κ1) is 18.4. The number of hydrogen-bond acceptors (Lipinski definition) is 5. The third-order valence-electron chi connectivity index (χ3n) is 4.48. The number of rotatable bonds is 7. The first-order valence-corrected chi connectivity index (χ1v) is 9.01. The number of amides is 1. The minimum absolute atomic E-state index is 0.0264. The number of carbonyl (C=O) groups is 1. The van der Waals surface area contributed by atoms with Gasteiger partial charge in [-0.05, 0) is 52.0 Å². The number of likely N-dealkylation sites (N-methyl/N-ethyl adjacent to an activating group) is 1. The van der Waals surface area contributed by atoms with Crippen LogP contribution in [0.5, 0.6) is 0 Å². The van der Waals surface area contributed by atoms with E-state index in [1.807, 2.05) is 11.3 Å². The number of hydrogen-bond donors (Lipinski definition) is 1. The minimum Gasteiger partial charge on any atom is -0.375 e. The van der Waals surface area contributed by atoms with Crippen molar-refractivity contribution in [1.29, 1.82) is 0 Å². The maximum absolute atomic E-state index is 11.6. The van der Waals surface area contributed by atoms with E-state index in [2.05, 4.69) is 48.3 Å². The fourth-order valence-corrected chi connectivity index (χ4v) is 4.16. The number of likely N-dealkylation sites (tertiary alicyclic amines) is 1. The van der Waals surface area contributed by atoms with Gasteiger partial charge in [-0.2, -0.15) is 0 Å². The van der Waals surface area contributed by atoms with Crippen molar-refractivity contribution in [2.75, 3.05) is 47.4 Å². The van der Waals surface area contributed by atoms with Gasteiger partial charge in [0.05, 0.1) is 0 Å². The summed E-state index contributed by atoms with van der Waals surface area (Å²) in [7, 11) is 5.81. The molecule has 0 unspecified atom stereocenters. The normalized spacial score (nSPS) is 22.5. The van der Waals surface area contributed by atoms with Crippen molar-refractivity contribution in [2.24, 2.45) is 5.92 Å². The summed E-state index contributed by atoms with van der Waals surface area (Å²) in [5.41, 5.74) is 0. The van der Waals surface area contributed by atoms with Crippen LogP contribution >= 0.6 is 11.3 Å². The van der Waals surface area contributed by atoms with E-state index in [0.717, 1.165) is 32.6 Å². The molecule has 0 aliphatic carbocycles. The molecule has 2 rings (SSSR count). The van der Waals surface area contributed by atoms with E-state index in [-0.39, 0.29) is 12.5 Å². The number of methoxy groups -OCH3 is 1. The van der Waals surface area contributed by atoms with Crippen molar-refractivity contribution in [3.8, 4) is 0 Å². The molecule has 1 aliphatic rings. The molecule has 23 heavy (non-hydrogen) atoms. The van der Waals surface area contributed by atoms with Gasteiger partial charge in [0.1, 0.15) is 6.61 Å². The summed E-state index contributed by atoms with van der Waals surface area (Å²) in [5, 5.41) is 3.00. The second kappa shape index (κ2) is 8.78. The monoisotopic (exact) mass is 339 g/mol. The Balaban J connectivity index is 1.88. The lowest BCUT2D eigenvalue weighted by Crippen LogP contribution is -2.53. The Labute approximate surface area is 143 Å². The summed E-state index contributed by atoms with van der Waals surface area (Å²) >= 11 is 1.89. The van der Waals surface area contributed by atoms with Crippen molar-refractivity contribution in [2.45, 2.75) is 25.9 Å². The molecule has 1 saturated heterocycles. The predicted molar refractivity (Wildman–Crippen MR) is 94.8 cm³/mol. The maximum Gasteiger partial charge on any atom is 0.245 e. The van der Waals surface area contributed by atoms with Crippen molar-refractivity contribution in [1.82, 2.24) is 15.1 Å². The molecule has 5 nitrogen and oxygen atoms in total. The fourth-order valence-electron chi connectivity index (χ4n) is 3.23. The Bertz CT molecular complexity index is 504. The van der Waals surface area contributed by atoms with Crippen molar-refractivity contribution in [3.63, 3.8) is 0 Å². The molecule has 130 valence electrons. The first-order chi connectivity index (χ1) is 11.0. The van der Waals surface area contributed by atoms with E-state index in [9.17, 15) is 4.79 Å². The van der Waals surface area contributed by atoms with E-state index in [1.165, 1.54) is 9.75 Å². The van der Waals surface area contributed by atoms with E-state index in [4.69, 9.17) is 4.74 Å². The third kappa shape index (κ3) is 5.57. The van der Waals surface area contributed by atoms with Gasteiger partial charge in [0.25, 0.3) is 0 Å². The lowest BCUT2D eigenvalue weighted by Gasteiger charge is -2.41. The lowest BCUT2D eigenvalue weighted by atomic mass is 9.90. The van der Waals surface area contributed by atoms with Crippen LogP contribution in [-0.4, -0.2) is 69.2 Å². The topological polar surface area (TPSA) is 44.8 Å². The molecule has 1 aromatic rings. The van der Waals surface area contributed by atoms with Gasteiger partial charge in [0.2, 0.25) is 5.91 Å². The Morgan fingerprint density at radius 2 is 2.26 bits per heavy atom. The number of carbonyl (C=O) groups excluding carboxylic acids is 1. The van der Waals surface area contributed by atoms with Gasteiger partial charge in [0, 0.05) is 42.5 Å². The Morgan fingerprint density at radius 3 is 2.87 bits per heavy atom. The quantitative estimate of drug-likeness (QED) is 0.819. The largest absolute Gasteiger partial charge is 0.375 e. The first-order valence-electron chi connectivity index (χ1n) is 8.19. The lowest BCUT2D eigenvalue weighted by molar-refractivity contribution is -0.125. The Hall–Kier alpha value is -0.950. The van der Waals surface area contributed by atoms with Crippen molar-refractivity contribution < 1.29 is 9.53 Å². The zero-order valence-corrected chi connectivity index (χ0v) is 15.5. The summed E-state index contributed by atoms with van der Waals surface area (Å²) in [4.78, 5) is 19.2. The van der Waals surface area contributed by atoms with Crippen LogP contribution in [0.4, 0.5) is 0 Å². The highest BCUT2D eigenvalue weighted by Crippen LogP contribution is 2.24. The van der Waals surface area contributed by atoms with Crippen LogP contribution in [0.2, 0.25) is 0 Å². The molecule has 0 aromatic carbocycles. The minimum atomic E-state index is -0.0264. The smallest absolute Gasteiger partial charge is 0.245 e. The summed E-state index contributed by atoms with van der Waals surface area (Å²) in [6.07, 6.45) is 1.11. The van der Waals surface area contributed by atoms with E-state index >= 15 is 0 Å². The van der Waals surface area contributed by atoms with Crippen LogP contribution in [0.1, 0.15) is 16.2 Å². The SMILES string of the molecule is COCC(=O)NC[C@H]1CCN(Cc2ccc(C)s2)C[C@H]1N(C)C. The molecule has 2 heterocycles. The molecule has 2 atom stereocenters. The van der Waals surface area contributed by atoms with Gasteiger partial charge in [-0.3, -0.25) is 9.69 Å². The molecular weight excluding hydrogens is 310 g/mol. The summed E-state index contributed by atoms with van der Waals surface area (Å²) in [6, 6.07) is 4.90. The van der Waals surface area contributed by atoms with Gasteiger partial charge in [-0.1, -0.05) is 0 Å². The third-order valence-corrected chi connectivity index (χ3v) is 5.47. The number of thiophene rings is 1. The second-order valence-corrected chi connectivity index (χ2v) is 7.94. The molecule has 0 bridgehead atoms. The molecule has 0 spiro atoms. The van der Waals surface area contributed by atoms with Gasteiger partial charge in [-0.15, -0.1) is 11.3 Å². The van der Waals surface area contributed by atoms with Gasteiger partial charge < -0.3 is 15.0 Å². The summed E-state index contributed by atoms with van der Waals surface area (Å²) < 4.78 is 4.87. The maximum atomic E-state index is 11.6. The fraction of sp³-hybridized carbons (Fsp3) is 0.706. The van der Waals surface area contributed by atoms with E-state index < -0.39 is 0 Å². The molecule has 6 heteroatoms. The molecule has 1 fully saturated rings. The number of ether oxygens (including phenoxy) is 1. The van der Waals surface area contributed by atoms with Crippen LogP contribution in [-0.2, 0) is 16.1 Å². The van der Waals surface area contributed by atoms with Gasteiger partial charge in [0.15, 0.2) is 0 Å². The molecule has 1 aliphatic heterocycles. The van der Waals surface area contributed by atoms with E-state index in [0.29, 0.717) is 12.0 Å². The van der Waals surface area contributed by atoms with Crippen LogP contribution in [0.15, 0.2) is 12.1 Å². The zero-order valence-electron chi connectivity index (χ0n) is 14.7. The van der Waals surface area contributed by atoms with E-state index in [1.54, 1.807) is 7.11 Å². The average molecular weight is 340 g/mol. The number of nitrogens with zero attached hydrogens (tertiary/aromatic N) is 2. The number of aryl methyl sites for hydroxylation is 1. The number of nitrogens with one attached hydrogen (secondary N) is 1. The summed E-state index contributed by atoms with van der Waals surface area (Å²) in [6.45, 7) is 6.21. The van der Waals surface area contributed by atoms with Gasteiger partial charge in [-0.25, -0.2) is 0 Å². The predicted octanol–water partition coefficient (Wildman–Crippen LogP) is 1.57. The molecule has 1 N–H and O–H groups in total. The molecule has 1 aromatic heterocycles. The molecule has 0 radical (unpaired) electrons. The van der Waals surface area contributed by atoms with Crippen molar-refractivity contribution >= 4 is 17.2 Å². The average Bonchev–Trinajstić information content (AvgIpc) is 2.91. The van der Waals surface area contributed by atoms with Crippen LogP contribution in [0.25, 0.3) is 0 Å². The standard InChI is InChI=1S/C17H29N3O2S/c1-13-5-6-15(23-13)10-20-8-7-14(16(11-20)19(2)3)9-18-17(21)12-22-4/h5-6,14,16H,7-12H2,1-4H3,(H,18,21)/t14-,16-/m1/s1. The summed E-state index contributed by atoms with van der Waals surface area (Å²) in [5.74, 6) is 0.466. The highest BCUT2D eigenvalue weighted by molar-refractivity contribution is 7.11. The Morgan fingerprint density at radius 1 is 1.48 bits per heavy atom. The van der Waals surface area contributed by atoms with Crippen LogP contribution < -0.4 is 5.32 Å². The Kier molecular flexibility index (Phi) is 7.02.